The first-order valence-electron chi connectivity index (χ1n) is 33.4. The van der Waals surface area contributed by atoms with Crippen LogP contribution in [0.15, 0.2) is 106 Å². The summed E-state index contributed by atoms with van der Waals surface area (Å²) in [7, 11) is -5.51. The molecule has 8 aliphatic rings. The van der Waals surface area contributed by atoms with Crippen LogP contribution in [0.25, 0.3) is 33.4 Å². The fourth-order valence-corrected chi connectivity index (χ4v) is 39.2. The predicted octanol–water partition coefficient (Wildman–Crippen LogP) is 13.5. The number of nitrogens with zero attached hydrogens (tertiary/aromatic N) is 4. The van der Waals surface area contributed by atoms with E-state index in [0.717, 1.165) is 71.6 Å². The van der Waals surface area contributed by atoms with E-state index >= 15 is 0 Å². The number of fused-ring (bicyclic) bond motifs is 4. The zero-order valence-electron chi connectivity index (χ0n) is 58.8. The Bertz CT molecular complexity index is 4050. The van der Waals surface area contributed by atoms with E-state index in [4.69, 9.17) is 43.3 Å². The van der Waals surface area contributed by atoms with Crippen LogP contribution in [0.3, 0.4) is 0 Å². The summed E-state index contributed by atoms with van der Waals surface area (Å²) < 4.78 is 116. The third-order valence-electron chi connectivity index (χ3n) is 21.1. The van der Waals surface area contributed by atoms with Gasteiger partial charge in [-0.05, 0) is 46.6 Å². The molecule has 4 aromatic carbocycles. The molecule has 94 heavy (non-hydrogen) atoms. The number of hydrogen-bond acceptors (Lipinski definition) is 16. The van der Waals surface area contributed by atoms with Crippen LogP contribution in [0.1, 0.15) is 169 Å². The van der Waals surface area contributed by atoms with E-state index in [9.17, 15) is 13.7 Å². The van der Waals surface area contributed by atoms with Gasteiger partial charge in [0.25, 0.3) is 8.53 Å². The molecule has 0 saturated carbocycles. The van der Waals surface area contributed by atoms with E-state index < -0.39 is 91.0 Å². The van der Waals surface area contributed by atoms with Crippen molar-refractivity contribution in [3.8, 4) is 28.5 Å². The minimum absolute atomic E-state index is 0.150. The molecule has 2 spiro atoms. The summed E-state index contributed by atoms with van der Waals surface area (Å²) in [6.45, 7) is 43.4. The third kappa shape index (κ3) is 11.3. The van der Waals surface area contributed by atoms with Crippen LogP contribution in [0, 0.1) is 11.3 Å². The van der Waals surface area contributed by atoms with Crippen molar-refractivity contribution < 1.29 is 51.7 Å². The molecule has 7 heterocycles. The average Bonchev–Trinajstić information content (AvgIpc) is 1.50. The van der Waals surface area contributed by atoms with Crippen molar-refractivity contribution in [2.45, 2.75) is 232 Å². The second-order valence-corrected chi connectivity index (χ2v) is 45.9. The number of nitriles is 1. The molecule has 0 amide bonds. The average molecular weight is 1460 g/mol. The number of benzene rings is 5. The number of nitrogens with one attached hydrogen (secondary N) is 1. The molecule has 0 radical (unpaired) electrons. The Kier molecular flexibility index (Phi) is 17.2. The summed E-state index contributed by atoms with van der Waals surface area (Å²) in [6.07, 6.45) is 2.85. The Morgan fingerprint density at radius 2 is 1.15 bits per heavy atom. The van der Waals surface area contributed by atoms with Gasteiger partial charge in [-0.2, -0.15) is 5.26 Å². The first kappa shape index (κ1) is 69.8. The van der Waals surface area contributed by atoms with Crippen LogP contribution >= 0.6 is 8.53 Å². The summed E-state index contributed by atoms with van der Waals surface area (Å²) in [5, 5.41) is 10.9. The molecule has 7 aliphatic heterocycles. The van der Waals surface area contributed by atoms with E-state index in [2.05, 4.69) is 125 Å². The summed E-state index contributed by atoms with van der Waals surface area (Å²) in [5.41, 5.74) is 2.02. The van der Waals surface area contributed by atoms with E-state index in [1.54, 1.807) is 12.1 Å². The fourth-order valence-electron chi connectivity index (χ4n) is 13.8. The van der Waals surface area contributed by atoms with Gasteiger partial charge in [-0.15, -0.1) is 0 Å². The van der Waals surface area contributed by atoms with Crippen LogP contribution in [-0.2, 0) is 61.7 Å². The summed E-state index contributed by atoms with van der Waals surface area (Å²) in [4.78, 5) is 2.45. The molecule has 18 nitrogen and oxygen atoms in total. The van der Waals surface area contributed by atoms with Gasteiger partial charge in [0.15, 0.2) is 0 Å². The number of anilines is 2. The van der Waals surface area contributed by atoms with E-state index in [0.29, 0.717) is 49.4 Å². The first-order chi connectivity index (χ1) is 43.6. The van der Waals surface area contributed by atoms with Gasteiger partial charge in [-0.25, -0.2) is 17.8 Å². The van der Waals surface area contributed by atoms with Crippen molar-refractivity contribution in [2.75, 3.05) is 37.7 Å². The van der Waals surface area contributed by atoms with Crippen molar-refractivity contribution in [1.29, 1.82) is 5.26 Å². The Balaban J connectivity index is 0.929. The predicted molar refractivity (Wildman–Crippen MR) is 373 cm³/mol. The third-order valence-corrected chi connectivity index (χ3v) is 42.4. The standard InChI is InChI=1S/C72H99As2N5O13PS/c1-48(2)79(49(3)4)93(83-43-25-38-75)82-42-24-23-39-76-94(80,81)63-27-22-21-26-58(63)64-56-32-30-54(77-40-36-50-44-52(28-34-59(50)77)73(85-65(5,6)66(7,8)86-73)87-67(9,10)68(11,12)88-73)46-61(56)84-62-47-55(31-33-57(62)64)78-41-37-51-45-53(29-35-60(51)78)74(89-69(13,14)70(15,16)90-74)91-71(17,18)72(19,20)92-74/h21-22,26-35,44-49,76H,23-25,36-37,39-43H2,1-20H3/q+1. The normalized spacial score (nSPS) is 25.0. The number of rotatable bonds is 18. The Labute approximate surface area is 562 Å². The molecule has 4 fully saturated rings. The van der Waals surface area contributed by atoms with Gasteiger partial charge < -0.3 is 9.05 Å². The SMILES string of the molecule is CC(C)N(C(C)C)P(OCCC#N)OCCCCNS(=O)(=O)c1ccccc1-c1c2ccc(=[N+]3CCc4cc([As]56(OC(C)(C)C(C)(C)O5)OC(C)(C)C(C)(C)O6)ccc43)cc-2oc2cc(N3CCc4cc([As]56(OC(C)(C)C(C)(C)O5)OC(C)(C)C(C)(C)O6)ccc43)ccc12. The van der Waals surface area contributed by atoms with Gasteiger partial charge >= 0.3 is 412 Å². The van der Waals surface area contributed by atoms with Crippen LogP contribution in [0.4, 0.5) is 17.1 Å². The molecule has 4 aromatic rings. The van der Waals surface area contributed by atoms with E-state index in [-0.39, 0.29) is 36.6 Å². The summed E-state index contributed by atoms with van der Waals surface area (Å²) in [6, 6.07) is 34.9. The molecule has 12 rings (SSSR count). The minimum atomic E-state index is -5.22. The van der Waals surface area contributed by atoms with Crippen LogP contribution in [-0.4, -0.2) is 130 Å². The molecular weight excluding hydrogens is 1360 g/mol. The molecule has 1 N–H and O–H groups in total. The van der Waals surface area contributed by atoms with Gasteiger partial charge in [0.05, 0.1) is 25.7 Å². The van der Waals surface area contributed by atoms with Gasteiger partial charge in [0.1, 0.15) is 0 Å². The molecule has 22 heteroatoms. The monoisotopic (exact) mass is 1450 g/mol. The number of unbranched alkanes of at least 4 members (excludes halogenated alkanes) is 1. The Morgan fingerprint density at radius 3 is 1.70 bits per heavy atom. The Morgan fingerprint density at radius 1 is 0.617 bits per heavy atom. The van der Waals surface area contributed by atoms with Gasteiger partial charge in [0, 0.05) is 18.6 Å². The molecule has 0 aromatic heterocycles. The molecular formula is C72H99As2N5O13PS+. The first-order valence-corrected chi connectivity index (χ1v) is 44.0. The quantitative estimate of drug-likeness (QED) is 0.0281. The molecule has 1 unspecified atom stereocenters. The van der Waals surface area contributed by atoms with Gasteiger partial charge in [-0.3, -0.25) is 0 Å². The topological polar surface area (TPSA) is 185 Å². The molecule has 1 atom stereocenters. The van der Waals surface area contributed by atoms with Crippen LogP contribution < -0.4 is 28.3 Å². The maximum atomic E-state index is 14.9. The second kappa shape index (κ2) is 23.2. The summed E-state index contributed by atoms with van der Waals surface area (Å²) in [5.74, 6) is 0.585. The van der Waals surface area contributed by atoms with E-state index in [1.807, 2.05) is 123 Å². The van der Waals surface area contributed by atoms with Crippen LogP contribution in [0.5, 0.6) is 0 Å². The Hall–Kier alpha value is -4.12. The van der Waals surface area contributed by atoms with E-state index in [1.165, 1.54) is 0 Å². The number of sulfonamides is 1. The van der Waals surface area contributed by atoms with Crippen molar-refractivity contribution in [3.63, 3.8) is 0 Å². The van der Waals surface area contributed by atoms with Crippen molar-refractivity contribution >= 4 is 82.9 Å². The van der Waals surface area contributed by atoms with Crippen molar-refractivity contribution in [2.24, 2.45) is 0 Å². The molecule has 510 valence electrons. The molecule has 4 saturated heterocycles. The zero-order chi connectivity index (χ0) is 68.1. The molecule has 0 bridgehead atoms. The maximum absolute atomic E-state index is 14.9. The van der Waals surface area contributed by atoms with Gasteiger partial charge in [-0.1, -0.05) is 12.1 Å². The fraction of sp³-hybridized carbons (Fsp3) is 0.556. The van der Waals surface area contributed by atoms with Crippen molar-refractivity contribution in [1.82, 2.24) is 14.0 Å². The van der Waals surface area contributed by atoms with Crippen LogP contribution in [0.2, 0.25) is 0 Å². The molecule has 1 aliphatic carbocycles. The number of hydrogen-bond donors (Lipinski definition) is 1. The second-order valence-electron chi connectivity index (χ2n) is 30.7. The summed E-state index contributed by atoms with van der Waals surface area (Å²) >= 11 is -10.4. The van der Waals surface area contributed by atoms with Crippen molar-refractivity contribution in [3.05, 3.63) is 114 Å². The van der Waals surface area contributed by atoms with Gasteiger partial charge in [0.2, 0.25) is 10.0 Å². The zero-order valence-corrected chi connectivity index (χ0v) is 64.3.